The van der Waals surface area contributed by atoms with Crippen molar-refractivity contribution in [2.24, 2.45) is 0 Å². The number of thioether (sulfide) groups is 1. The quantitative estimate of drug-likeness (QED) is 0.0538. The summed E-state index contributed by atoms with van der Waals surface area (Å²) >= 11 is 6.88. The van der Waals surface area contributed by atoms with Crippen LogP contribution in [0.3, 0.4) is 0 Å². The van der Waals surface area contributed by atoms with Crippen molar-refractivity contribution in [3.8, 4) is 0 Å². The first kappa shape index (κ1) is 36.4. The SMILES string of the molecule is O=C(Nc1ccc(SC(C(=O)Nc2ccc(Cl)cc2C(F)(F)F)c2ccccc2)cc1)/C(=C/c1ccc([N+](=O)[O-])cc1)NC(=O)c1ccccc1. The molecule has 0 radical (unpaired) electrons. The standard InChI is InChI=1S/C37H26ClF3N4O5S/c38-26-13-20-31(30(22-26)37(39,40)41)43-36(48)33(24-7-3-1-4-8-24)51-29-18-14-27(15-19-29)42-35(47)32(44-34(46)25-9-5-2-6-10-25)21-23-11-16-28(17-12-23)45(49)50/h1-22,33H,(H,42,47)(H,43,48)(H,44,46)/b32-21-. The van der Waals surface area contributed by atoms with Gasteiger partial charge in [0.05, 0.1) is 16.2 Å². The average molecular weight is 731 g/mol. The maximum Gasteiger partial charge on any atom is 0.418 e. The molecule has 5 rings (SSSR count). The lowest BCUT2D eigenvalue weighted by atomic mass is 10.1. The molecular formula is C37H26ClF3N4O5S. The van der Waals surface area contributed by atoms with Gasteiger partial charge in [-0.25, -0.2) is 0 Å². The van der Waals surface area contributed by atoms with Gasteiger partial charge in [-0.1, -0.05) is 60.1 Å². The van der Waals surface area contributed by atoms with Gasteiger partial charge in [0.1, 0.15) is 10.9 Å². The third kappa shape index (κ3) is 9.84. The molecule has 1 unspecified atom stereocenters. The number of nitro groups is 1. The van der Waals surface area contributed by atoms with Crippen molar-refractivity contribution in [2.75, 3.05) is 10.6 Å². The number of amides is 3. The zero-order valence-corrected chi connectivity index (χ0v) is 27.8. The van der Waals surface area contributed by atoms with E-state index < -0.39 is 45.3 Å². The summed E-state index contributed by atoms with van der Waals surface area (Å²) in [5.74, 6) is -1.95. The fourth-order valence-electron chi connectivity index (χ4n) is 4.71. The van der Waals surface area contributed by atoms with Crippen LogP contribution in [0.4, 0.5) is 30.2 Å². The van der Waals surface area contributed by atoms with Gasteiger partial charge in [-0.3, -0.25) is 24.5 Å². The van der Waals surface area contributed by atoms with E-state index in [9.17, 15) is 37.7 Å². The number of nitrogens with one attached hydrogen (secondary N) is 3. The topological polar surface area (TPSA) is 130 Å². The summed E-state index contributed by atoms with van der Waals surface area (Å²) in [6.45, 7) is 0. The predicted octanol–water partition coefficient (Wildman–Crippen LogP) is 9.15. The molecule has 1 atom stereocenters. The molecule has 0 aliphatic heterocycles. The van der Waals surface area contributed by atoms with Crippen LogP contribution < -0.4 is 16.0 Å². The number of nitro benzene ring substituents is 1. The van der Waals surface area contributed by atoms with Gasteiger partial charge in [0, 0.05) is 33.3 Å². The summed E-state index contributed by atoms with van der Waals surface area (Å²) in [5.41, 5.74) is -0.235. The molecule has 0 aromatic heterocycles. The molecule has 0 heterocycles. The maximum atomic E-state index is 13.7. The smallest absolute Gasteiger partial charge is 0.324 e. The van der Waals surface area contributed by atoms with Crippen LogP contribution in [0, 0.1) is 10.1 Å². The number of anilines is 2. The van der Waals surface area contributed by atoms with Gasteiger partial charge >= 0.3 is 6.18 Å². The van der Waals surface area contributed by atoms with Crippen LogP contribution in [0.2, 0.25) is 5.02 Å². The summed E-state index contributed by atoms with van der Waals surface area (Å²) in [6, 6.07) is 31.6. The van der Waals surface area contributed by atoms with Crippen molar-refractivity contribution in [2.45, 2.75) is 16.3 Å². The second-order valence-electron chi connectivity index (χ2n) is 10.8. The summed E-state index contributed by atoms with van der Waals surface area (Å²) in [6.07, 6.45) is -3.39. The van der Waals surface area contributed by atoms with E-state index in [-0.39, 0.29) is 16.4 Å². The van der Waals surface area contributed by atoms with E-state index in [0.717, 1.165) is 23.9 Å². The van der Waals surface area contributed by atoms with Crippen LogP contribution in [0.25, 0.3) is 6.08 Å². The number of carbonyl (C=O) groups excluding carboxylic acids is 3. The Balaban J connectivity index is 1.35. The molecule has 3 amide bonds. The maximum absolute atomic E-state index is 13.7. The molecule has 0 fully saturated rings. The molecule has 258 valence electrons. The Labute approximate surface area is 298 Å². The first-order chi connectivity index (χ1) is 24.4. The van der Waals surface area contributed by atoms with Crippen LogP contribution >= 0.6 is 23.4 Å². The average Bonchev–Trinajstić information content (AvgIpc) is 3.12. The number of hydrogen-bond donors (Lipinski definition) is 3. The third-order valence-electron chi connectivity index (χ3n) is 7.20. The number of hydrogen-bond acceptors (Lipinski definition) is 6. The van der Waals surface area contributed by atoms with Crippen molar-refractivity contribution in [3.05, 3.63) is 170 Å². The van der Waals surface area contributed by atoms with Crippen LogP contribution in [-0.4, -0.2) is 22.6 Å². The number of nitrogens with zero attached hydrogens (tertiary/aromatic N) is 1. The first-order valence-electron chi connectivity index (χ1n) is 15.0. The van der Waals surface area contributed by atoms with Gasteiger partial charge < -0.3 is 16.0 Å². The highest BCUT2D eigenvalue weighted by molar-refractivity contribution is 8.00. The minimum absolute atomic E-state index is 0.131. The Hall–Kier alpha value is -5.92. The lowest BCUT2D eigenvalue weighted by Gasteiger charge is -2.20. The minimum Gasteiger partial charge on any atom is -0.324 e. The highest BCUT2D eigenvalue weighted by Gasteiger charge is 2.35. The van der Waals surface area contributed by atoms with Crippen molar-refractivity contribution in [1.29, 1.82) is 0 Å². The van der Waals surface area contributed by atoms with Crippen molar-refractivity contribution < 1.29 is 32.5 Å². The zero-order chi connectivity index (χ0) is 36.5. The molecule has 9 nitrogen and oxygen atoms in total. The van der Waals surface area contributed by atoms with Gasteiger partial charge in [-0.05, 0) is 83.9 Å². The highest BCUT2D eigenvalue weighted by Crippen LogP contribution is 2.40. The third-order valence-corrected chi connectivity index (χ3v) is 8.70. The van der Waals surface area contributed by atoms with E-state index in [4.69, 9.17) is 11.6 Å². The van der Waals surface area contributed by atoms with Gasteiger partial charge in [-0.15, -0.1) is 11.8 Å². The Morgan fingerprint density at radius 1 is 0.804 bits per heavy atom. The lowest BCUT2D eigenvalue weighted by molar-refractivity contribution is -0.384. The molecule has 0 saturated heterocycles. The zero-order valence-electron chi connectivity index (χ0n) is 26.2. The monoisotopic (exact) mass is 730 g/mol. The Kier molecular flexibility index (Phi) is 11.5. The largest absolute Gasteiger partial charge is 0.418 e. The van der Waals surface area contributed by atoms with E-state index in [1.54, 1.807) is 84.9 Å². The molecule has 3 N–H and O–H groups in total. The summed E-state index contributed by atoms with van der Waals surface area (Å²) in [4.78, 5) is 51.0. The number of alkyl halides is 3. The highest BCUT2D eigenvalue weighted by atomic mass is 35.5. The number of benzene rings is 5. The molecule has 5 aromatic carbocycles. The van der Waals surface area contributed by atoms with E-state index in [2.05, 4.69) is 16.0 Å². The van der Waals surface area contributed by atoms with Crippen LogP contribution in [-0.2, 0) is 15.8 Å². The fraction of sp³-hybridized carbons (Fsp3) is 0.0541. The van der Waals surface area contributed by atoms with Crippen molar-refractivity contribution in [1.82, 2.24) is 5.32 Å². The lowest BCUT2D eigenvalue weighted by Crippen LogP contribution is -2.30. The molecule has 14 heteroatoms. The predicted molar refractivity (Wildman–Crippen MR) is 190 cm³/mol. The summed E-state index contributed by atoms with van der Waals surface area (Å²) in [5, 5.41) is 17.7. The number of rotatable bonds is 11. The summed E-state index contributed by atoms with van der Waals surface area (Å²) < 4.78 is 41.2. The molecule has 5 aromatic rings. The molecule has 51 heavy (non-hydrogen) atoms. The molecule has 0 saturated carbocycles. The van der Waals surface area contributed by atoms with E-state index >= 15 is 0 Å². The van der Waals surface area contributed by atoms with Crippen LogP contribution in [0.1, 0.15) is 32.3 Å². The van der Waals surface area contributed by atoms with Gasteiger partial charge in [0.25, 0.3) is 17.5 Å². The normalized spacial score (nSPS) is 12.0. The number of non-ortho nitro benzene ring substituents is 1. The van der Waals surface area contributed by atoms with Crippen LogP contribution in [0.15, 0.2) is 138 Å². The Bertz CT molecular complexity index is 2080. The second-order valence-corrected chi connectivity index (χ2v) is 12.4. The molecule has 0 aliphatic rings. The van der Waals surface area contributed by atoms with Crippen molar-refractivity contribution in [3.63, 3.8) is 0 Å². The fourth-order valence-corrected chi connectivity index (χ4v) is 5.91. The van der Waals surface area contributed by atoms with Crippen molar-refractivity contribution >= 4 is 64.2 Å². The first-order valence-corrected chi connectivity index (χ1v) is 16.3. The van der Waals surface area contributed by atoms with E-state index in [1.807, 2.05) is 0 Å². The second kappa shape index (κ2) is 16.2. The van der Waals surface area contributed by atoms with Gasteiger partial charge in [-0.2, -0.15) is 13.2 Å². The molecular weight excluding hydrogens is 705 g/mol. The minimum atomic E-state index is -4.76. The van der Waals surface area contributed by atoms with E-state index in [0.29, 0.717) is 27.3 Å². The van der Waals surface area contributed by atoms with E-state index in [1.165, 1.54) is 36.4 Å². The number of carbonyl (C=O) groups is 3. The molecule has 0 spiro atoms. The summed E-state index contributed by atoms with van der Waals surface area (Å²) in [7, 11) is 0. The van der Waals surface area contributed by atoms with Gasteiger partial charge in [0.15, 0.2) is 0 Å². The number of halogens is 4. The van der Waals surface area contributed by atoms with Gasteiger partial charge in [0.2, 0.25) is 5.91 Å². The Morgan fingerprint density at radius 2 is 1.43 bits per heavy atom. The Morgan fingerprint density at radius 3 is 2.04 bits per heavy atom. The van der Waals surface area contributed by atoms with Crippen LogP contribution in [0.5, 0.6) is 0 Å². The molecule has 0 aliphatic carbocycles. The molecule has 0 bridgehead atoms.